The van der Waals surface area contributed by atoms with Gasteiger partial charge in [0.15, 0.2) is 0 Å². The minimum absolute atomic E-state index is 0.408. The number of nitrogens with zero attached hydrogens (tertiary/aromatic N) is 3. The normalized spacial score (nSPS) is 33.4. The maximum atomic E-state index is 4.48. The highest BCUT2D eigenvalue weighted by Crippen LogP contribution is 2.25. The largest absolute Gasteiger partial charge is 0.294 e. The van der Waals surface area contributed by atoms with E-state index in [-0.39, 0.29) is 0 Å². The zero-order valence-corrected chi connectivity index (χ0v) is 9.93. The molecule has 0 N–H and O–H groups in total. The van der Waals surface area contributed by atoms with Crippen molar-refractivity contribution in [2.24, 2.45) is 15.0 Å². The van der Waals surface area contributed by atoms with Crippen molar-refractivity contribution in [3.8, 4) is 0 Å². The minimum atomic E-state index is 0.408. The molecule has 1 aliphatic carbocycles. The van der Waals surface area contributed by atoms with Gasteiger partial charge >= 0.3 is 0 Å². The molecule has 0 radical (unpaired) electrons. The molecule has 1 saturated carbocycles. The van der Waals surface area contributed by atoms with E-state index in [4.69, 9.17) is 0 Å². The second-order valence-corrected chi connectivity index (χ2v) is 3.89. The minimum Gasteiger partial charge on any atom is -0.294 e. The topological polar surface area (TPSA) is 37.1 Å². The van der Waals surface area contributed by atoms with E-state index in [9.17, 15) is 0 Å². The molecule has 0 aromatic rings. The number of rotatable bonds is 3. The first kappa shape index (κ1) is 12.1. The maximum absolute atomic E-state index is 4.48. The SMILES string of the molecule is C/C=N\C1CC(/N=C\C)CC(/N=C\C)C1. The average molecular weight is 207 g/mol. The van der Waals surface area contributed by atoms with Gasteiger partial charge in [-0.25, -0.2) is 0 Å². The van der Waals surface area contributed by atoms with Crippen LogP contribution in [0.25, 0.3) is 0 Å². The maximum Gasteiger partial charge on any atom is 0.0536 e. The molecule has 0 aliphatic heterocycles. The van der Waals surface area contributed by atoms with Crippen molar-refractivity contribution in [2.75, 3.05) is 0 Å². The van der Waals surface area contributed by atoms with Crippen molar-refractivity contribution in [3.63, 3.8) is 0 Å². The third kappa shape index (κ3) is 3.94. The molecule has 0 aromatic carbocycles. The molecule has 0 spiro atoms. The van der Waals surface area contributed by atoms with Crippen LogP contribution < -0.4 is 0 Å². The molecule has 3 nitrogen and oxygen atoms in total. The molecular weight excluding hydrogens is 186 g/mol. The Labute approximate surface area is 92.4 Å². The van der Waals surface area contributed by atoms with Crippen LogP contribution in [0.1, 0.15) is 40.0 Å². The lowest BCUT2D eigenvalue weighted by molar-refractivity contribution is 0.357. The van der Waals surface area contributed by atoms with Gasteiger partial charge in [0.1, 0.15) is 0 Å². The lowest BCUT2D eigenvalue weighted by atomic mass is 9.88. The molecule has 0 atom stereocenters. The summed E-state index contributed by atoms with van der Waals surface area (Å²) >= 11 is 0. The van der Waals surface area contributed by atoms with Crippen molar-refractivity contribution in [3.05, 3.63) is 0 Å². The van der Waals surface area contributed by atoms with Crippen molar-refractivity contribution in [1.29, 1.82) is 0 Å². The van der Waals surface area contributed by atoms with Crippen LogP contribution in [0, 0.1) is 0 Å². The van der Waals surface area contributed by atoms with E-state index in [0.29, 0.717) is 18.1 Å². The van der Waals surface area contributed by atoms with Crippen LogP contribution in [-0.4, -0.2) is 36.8 Å². The van der Waals surface area contributed by atoms with Crippen LogP contribution in [0.4, 0.5) is 0 Å². The Hall–Kier alpha value is -0.990. The molecule has 1 fully saturated rings. The summed E-state index contributed by atoms with van der Waals surface area (Å²) in [5.41, 5.74) is 0. The van der Waals surface area contributed by atoms with E-state index in [1.807, 2.05) is 39.4 Å². The highest BCUT2D eigenvalue weighted by molar-refractivity contribution is 5.55. The van der Waals surface area contributed by atoms with E-state index in [0.717, 1.165) is 19.3 Å². The third-order valence-electron chi connectivity index (χ3n) is 2.71. The van der Waals surface area contributed by atoms with Crippen molar-refractivity contribution >= 4 is 18.6 Å². The standard InChI is InChI=1S/C12H21N3/c1-4-13-10-7-11(14-5-2)9-12(8-10)15-6-3/h4-6,10-12H,7-9H2,1-3H3/b13-4-,14-5-,15-6-. The van der Waals surface area contributed by atoms with Gasteiger partial charge in [0.2, 0.25) is 0 Å². The van der Waals surface area contributed by atoms with Gasteiger partial charge < -0.3 is 0 Å². The predicted molar refractivity (Wildman–Crippen MR) is 67.7 cm³/mol. The highest BCUT2D eigenvalue weighted by Gasteiger charge is 2.26. The van der Waals surface area contributed by atoms with Gasteiger partial charge in [-0.2, -0.15) is 0 Å². The summed E-state index contributed by atoms with van der Waals surface area (Å²) in [7, 11) is 0. The summed E-state index contributed by atoms with van der Waals surface area (Å²) < 4.78 is 0. The summed E-state index contributed by atoms with van der Waals surface area (Å²) in [5, 5.41) is 0. The van der Waals surface area contributed by atoms with E-state index in [2.05, 4.69) is 15.0 Å². The van der Waals surface area contributed by atoms with Gasteiger partial charge in [-0.05, 0) is 58.7 Å². The van der Waals surface area contributed by atoms with Gasteiger partial charge in [-0.1, -0.05) is 0 Å². The summed E-state index contributed by atoms with van der Waals surface area (Å²) in [6.45, 7) is 5.93. The van der Waals surface area contributed by atoms with Crippen molar-refractivity contribution < 1.29 is 0 Å². The second kappa shape index (κ2) is 6.49. The van der Waals surface area contributed by atoms with Gasteiger partial charge in [0.25, 0.3) is 0 Å². The van der Waals surface area contributed by atoms with E-state index in [1.54, 1.807) is 0 Å². The zero-order chi connectivity index (χ0) is 11.1. The van der Waals surface area contributed by atoms with Gasteiger partial charge in [-0.15, -0.1) is 0 Å². The first-order valence-corrected chi connectivity index (χ1v) is 5.73. The number of hydrogen-bond donors (Lipinski definition) is 0. The molecule has 3 heteroatoms. The zero-order valence-electron chi connectivity index (χ0n) is 9.93. The average Bonchev–Trinajstić information content (AvgIpc) is 2.19. The Morgan fingerprint density at radius 1 is 0.667 bits per heavy atom. The summed E-state index contributed by atoms with van der Waals surface area (Å²) in [5.74, 6) is 0. The Morgan fingerprint density at radius 2 is 0.933 bits per heavy atom. The first-order valence-electron chi connectivity index (χ1n) is 5.73. The van der Waals surface area contributed by atoms with Crippen LogP contribution >= 0.6 is 0 Å². The van der Waals surface area contributed by atoms with Crippen LogP contribution in [0.5, 0.6) is 0 Å². The van der Waals surface area contributed by atoms with Crippen molar-refractivity contribution in [1.82, 2.24) is 0 Å². The first-order chi connectivity index (χ1) is 7.30. The van der Waals surface area contributed by atoms with Crippen LogP contribution in [0.15, 0.2) is 15.0 Å². The van der Waals surface area contributed by atoms with E-state index >= 15 is 0 Å². The Balaban J connectivity index is 2.63. The van der Waals surface area contributed by atoms with E-state index < -0.39 is 0 Å². The Bertz CT molecular complexity index is 207. The lowest BCUT2D eigenvalue weighted by Gasteiger charge is -2.28. The molecule has 15 heavy (non-hydrogen) atoms. The Morgan fingerprint density at radius 3 is 1.13 bits per heavy atom. The quantitative estimate of drug-likeness (QED) is 0.638. The molecule has 0 bridgehead atoms. The van der Waals surface area contributed by atoms with Crippen LogP contribution in [0.2, 0.25) is 0 Å². The fourth-order valence-electron chi connectivity index (χ4n) is 2.23. The Kier molecular flexibility index (Phi) is 5.22. The van der Waals surface area contributed by atoms with Gasteiger partial charge in [0.05, 0.1) is 18.1 Å². The number of hydrogen-bond acceptors (Lipinski definition) is 3. The molecule has 0 saturated heterocycles. The van der Waals surface area contributed by atoms with Gasteiger partial charge in [0, 0.05) is 0 Å². The number of aliphatic imine (C=N–C) groups is 3. The molecule has 1 aliphatic rings. The fraction of sp³-hybridized carbons (Fsp3) is 0.750. The molecule has 0 heterocycles. The molecule has 1 rings (SSSR count). The predicted octanol–water partition coefficient (Wildman–Crippen LogP) is 2.55. The summed E-state index contributed by atoms with van der Waals surface area (Å²) in [6.07, 6.45) is 8.92. The highest BCUT2D eigenvalue weighted by atomic mass is 14.9. The molecule has 0 unspecified atom stereocenters. The molecule has 0 aromatic heterocycles. The lowest BCUT2D eigenvalue weighted by Crippen LogP contribution is -2.30. The summed E-state index contributed by atoms with van der Waals surface area (Å²) in [6, 6.07) is 1.23. The third-order valence-corrected chi connectivity index (χ3v) is 2.71. The smallest absolute Gasteiger partial charge is 0.0536 e. The summed E-state index contributed by atoms with van der Waals surface area (Å²) in [4.78, 5) is 13.4. The van der Waals surface area contributed by atoms with Crippen LogP contribution in [-0.2, 0) is 0 Å². The second-order valence-electron chi connectivity index (χ2n) is 3.89. The van der Waals surface area contributed by atoms with Crippen molar-refractivity contribution in [2.45, 2.75) is 58.2 Å². The van der Waals surface area contributed by atoms with Crippen LogP contribution in [0.3, 0.4) is 0 Å². The fourth-order valence-corrected chi connectivity index (χ4v) is 2.23. The monoisotopic (exact) mass is 207 g/mol. The molecule has 0 amide bonds. The van der Waals surface area contributed by atoms with E-state index in [1.165, 1.54) is 0 Å². The van der Waals surface area contributed by atoms with Gasteiger partial charge in [-0.3, -0.25) is 15.0 Å². The molecule has 84 valence electrons. The molecular formula is C12H21N3.